The summed E-state index contributed by atoms with van der Waals surface area (Å²) in [7, 11) is 0. The monoisotopic (exact) mass is 244 g/mol. The molecule has 0 aliphatic heterocycles. The Morgan fingerprint density at radius 1 is 1.39 bits per heavy atom. The Hall–Kier alpha value is -1.58. The van der Waals surface area contributed by atoms with Crippen LogP contribution in [-0.2, 0) is 6.42 Å². The number of aromatic nitrogens is 1. The zero-order chi connectivity index (χ0) is 13.2. The van der Waals surface area contributed by atoms with Gasteiger partial charge in [0.25, 0.3) is 0 Å². The number of H-pyrrole nitrogens is 1. The maximum atomic E-state index is 9.68. The molecule has 0 aliphatic carbocycles. The highest BCUT2D eigenvalue weighted by Crippen LogP contribution is 2.21. The van der Waals surface area contributed by atoms with Crippen molar-refractivity contribution in [3.8, 4) is 0 Å². The van der Waals surface area contributed by atoms with E-state index in [1.165, 1.54) is 10.9 Å². The van der Waals surface area contributed by atoms with Crippen LogP contribution < -0.4 is 5.73 Å². The maximum Gasteiger partial charge on any atom is 0.0774 e. The molecule has 1 heterocycles. The summed E-state index contributed by atoms with van der Waals surface area (Å²) in [6, 6.07) is 6.21. The van der Waals surface area contributed by atoms with Crippen LogP contribution in [-0.4, -0.2) is 22.2 Å². The Morgan fingerprint density at radius 3 is 2.83 bits per heavy atom. The lowest BCUT2D eigenvalue weighted by atomic mass is 10.0. The average molecular weight is 244 g/mol. The lowest BCUT2D eigenvalue weighted by molar-refractivity contribution is 0.134. The second kappa shape index (κ2) is 4.96. The van der Waals surface area contributed by atoms with Gasteiger partial charge in [0.05, 0.1) is 5.60 Å². The van der Waals surface area contributed by atoms with Gasteiger partial charge >= 0.3 is 0 Å². The van der Waals surface area contributed by atoms with E-state index in [0.29, 0.717) is 6.54 Å². The van der Waals surface area contributed by atoms with E-state index in [0.717, 1.165) is 17.5 Å². The molecule has 4 N–H and O–H groups in total. The van der Waals surface area contributed by atoms with Crippen LogP contribution in [0.15, 0.2) is 30.5 Å². The van der Waals surface area contributed by atoms with Crippen LogP contribution in [0.4, 0.5) is 0 Å². The minimum Gasteiger partial charge on any atom is -0.386 e. The van der Waals surface area contributed by atoms with Crippen LogP contribution in [0, 0.1) is 0 Å². The van der Waals surface area contributed by atoms with E-state index >= 15 is 0 Å². The van der Waals surface area contributed by atoms with Crippen molar-refractivity contribution in [3.63, 3.8) is 0 Å². The lowest BCUT2D eigenvalue weighted by Crippen LogP contribution is -2.13. The van der Waals surface area contributed by atoms with Gasteiger partial charge in [0.15, 0.2) is 0 Å². The van der Waals surface area contributed by atoms with Crippen molar-refractivity contribution in [2.75, 3.05) is 6.54 Å². The van der Waals surface area contributed by atoms with Crippen molar-refractivity contribution in [2.24, 2.45) is 5.73 Å². The van der Waals surface area contributed by atoms with Gasteiger partial charge in [-0.1, -0.05) is 18.2 Å². The van der Waals surface area contributed by atoms with Crippen LogP contribution in [0.3, 0.4) is 0 Å². The number of fused-ring (bicyclic) bond motifs is 1. The van der Waals surface area contributed by atoms with Gasteiger partial charge in [-0.3, -0.25) is 0 Å². The summed E-state index contributed by atoms with van der Waals surface area (Å²) in [5.41, 5.74) is 8.27. The topological polar surface area (TPSA) is 62.0 Å². The summed E-state index contributed by atoms with van der Waals surface area (Å²) in [5.74, 6) is 0. The summed E-state index contributed by atoms with van der Waals surface area (Å²) in [6.45, 7) is 4.17. The number of rotatable bonds is 4. The maximum absolute atomic E-state index is 9.68. The number of aliphatic hydroxyl groups is 1. The fourth-order valence-corrected chi connectivity index (χ4v) is 1.96. The molecule has 0 radical (unpaired) electrons. The molecule has 2 rings (SSSR count). The molecule has 3 heteroatoms. The van der Waals surface area contributed by atoms with Gasteiger partial charge in [0, 0.05) is 17.1 Å². The Balaban J connectivity index is 2.36. The number of nitrogens with two attached hydrogens (primary N) is 1. The zero-order valence-corrected chi connectivity index (χ0v) is 10.9. The fourth-order valence-electron chi connectivity index (χ4n) is 1.96. The minimum atomic E-state index is -0.785. The average Bonchev–Trinajstić information content (AvgIpc) is 2.69. The van der Waals surface area contributed by atoms with E-state index in [2.05, 4.69) is 17.1 Å². The molecule has 1 aromatic carbocycles. The van der Waals surface area contributed by atoms with Gasteiger partial charge in [-0.2, -0.15) is 0 Å². The Kier molecular flexibility index (Phi) is 3.55. The van der Waals surface area contributed by atoms with Gasteiger partial charge in [-0.05, 0) is 50.1 Å². The van der Waals surface area contributed by atoms with E-state index in [-0.39, 0.29) is 0 Å². The standard InChI is InChI=1S/C15H20N2O/c1-15(2,18)7-5-11-3-4-14-13(9-11)12(6-8-16)10-17-14/h3-5,7,9-10,17-18H,6,8,16H2,1-2H3/b7-5+. The van der Waals surface area contributed by atoms with Gasteiger partial charge in [-0.25, -0.2) is 0 Å². The molecule has 0 atom stereocenters. The van der Waals surface area contributed by atoms with Crippen LogP contribution in [0.25, 0.3) is 17.0 Å². The first-order valence-corrected chi connectivity index (χ1v) is 6.21. The van der Waals surface area contributed by atoms with Crippen molar-refractivity contribution in [2.45, 2.75) is 25.9 Å². The van der Waals surface area contributed by atoms with Gasteiger partial charge in [0.2, 0.25) is 0 Å². The molecule has 3 nitrogen and oxygen atoms in total. The third kappa shape index (κ3) is 3.00. The summed E-state index contributed by atoms with van der Waals surface area (Å²) in [5, 5.41) is 10.9. The minimum absolute atomic E-state index is 0.649. The number of nitrogens with one attached hydrogen (secondary N) is 1. The van der Waals surface area contributed by atoms with E-state index in [1.54, 1.807) is 19.9 Å². The van der Waals surface area contributed by atoms with Crippen molar-refractivity contribution >= 4 is 17.0 Å². The molecular formula is C15H20N2O. The van der Waals surface area contributed by atoms with E-state index in [4.69, 9.17) is 5.73 Å². The quantitative estimate of drug-likeness (QED) is 0.773. The highest BCUT2D eigenvalue weighted by atomic mass is 16.3. The summed E-state index contributed by atoms with van der Waals surface area (Å²) >= 11 is 0. The number of aromatic amines is 1. The van der Waals surface area contributed by atoms with Gasteiger partial charge in [0.1, 0.15) is 0 Å². The molecular weight excluding hydrogens is 224 g/mol. The highest BCUT2D eigenvalue weighted by molar-refractivity contribution is 5.85. The zero-order valence-electron chi connectivity index (χ0n) is 10.9. The predicted octanol–water partition coefficient (Wildman–Crippen LogP) is 2.45. The largest absolute Gasteiger partial charge is 0.386 e. The van der Waals surface area contributed by atoms with Crippen LogP contribution in [0.2, 0.25) is 0 Å². The first-order chi connectivity index (χ1) is 8.49. The lowest BCUT2D eigenvalue weighted by Gasteiger charge is -2.10. The van der Waals surface area contributed by atoms with Crippen LogP contribution >= 0.6 is 0 Å². The van der Waals surface area contributed by atoms with E-state index in [9.17, 15) is 5.11 Å². The fraction of sp³-hybridized carbons (Fsp3) is 0.333. The van der Waals surface area contributed by atoms with Crippen LogP contribution in [0.5, 0.6) is 0 Å². The highest BCUT2D eigenvalue weighted by Gasteiger charge is 2.07. The molecule has 0 amide bonds. The molecule has 2 aromatic rings. The third-order valence-electron chi connectivity index (χ3n) is 2.89. The molecule has 18 heavy (non-hydrogen) atoms. The molecule has 1 aromatic heterocycles. The normalized spacial score (nSPS) is 12.7. The molecule has 0 unspecified atom stereocenters. The smallest absolute Gasteiger partial charge is 0.0774 e. The molecule has 0 fully saturated rings. The van der Waals surface area contributed by atoms with Crippen molar-refractivity contribution in [1.29, 1.82) is 0 Å². The first kappa shape index (κ1) is 12.9. The summed E-state index contributed by atoms with van der Waals surface area (Å²) in [6.07, 6.45) is 6.63. The molecule has 0 saturated carbocycles. The second-order valence-corrected chi connectivity index (χ2v) is 5.14. The van der Waals surface area contributed by atoms with Crippen LogP contribution in [0.1, 0.15) is 25.0 Å². The second-order valence-electron chi connectivity index (χ2n) is 5.14. The first-order valence-electron chi connectivity index (χ1n) is 6.21. The van der Waals surface area contributed by atoms with Gasteiger partial charge < -0.3 is 15.8 Å². The van der Waals surface area contributed by atoms with Crippen molar-refractivity contribution < 1.29 is 5.11 Å². The SMILES string of the molecule is CC(C)(O)/C=C/c1ccc2[nH]cc(CCN)c2c1. The predicted molar refractivity (Wildman–Crippen MR) is 76.4 cm³/mol. The molecule has 96 valence electrons. The van der Waals surface area contributed by atoms with E-state index in [1.807, 2.05) is 18.3 Å². The van der Waals surface area contributed by atoms with E-state index < -0.39 is 5.60 Å². The summed E-state index contributed by atoms with van der Waals surface area (Å²) in [4.78, 5) is 3.24. The van der Waals surface area contributed by atoms with Gasteiger partial charge in [-0.15, -0.1) is 0 Å². The molecule has 0 spiro atoms. The Bertz CT molecular complexity index is 561. The molecule has 0 aliphatic rings. The third-order valence-corrected chi connectivity index (χ3v) is 2.89. The van der Waals surface area contributed by atoms with Crippen molar-refractivity contribution in [1.82, 2.24) is 4.98 Å². The Labute approximate surface area is 107 Å². The molecule has 0 bridgehead atoms. The Morgan fingerprint density at radius 2 is 2.17 bits per heavy atom. The number of benzene rings is 1. The number of hydrogen-bond donors (Lipinski definition) is 3. The molecule has 0 saturated heterocycles. The number of hydrogen-bond acceptors (Lipinski definition) is 2. The summed E-state index contributed by atoms with van der Waals surface area (Å²) < 4.78 is 0. The van der Waals surface area contributed by atoms with Crippen molar-refractivity contribution in [3.05, 3.63) is 41.6 Å².